The lowest BCUT2D eigenvalue weighted by molar-refractivity contribution is 0.0585. The van der Waals surface area contributed by atoms with Crippen molar-refractivity contribution in [2.45, 2.75) is 32.1 Å². The number of aromatic nitrogens is 3. The molecule has 1 aromatic heterocycles. The largest absolute Gasteiger partial charge is 0.389 e. The van der Waals surface area contributed by atoms with Gasteiger partial charge in [0.15, 0.2) is 0 Å². The summed E-state index contributed by atoms with van der Waals surface area (Å²) in [6, 6.07) is 13.1. The third kappa shape index (κ3) is 5.50. The maximum absolute atomic E-state index is 12.8. The van der Waals surface area contributed by atoms with Gasteiger partial charge in [0.05, 0.1) is 34.5 Å². The van der Waals surface area contributed by atoms with Crippen molar-refractivity contribution < 1.29 is 15.0 Å². The lowest BCUT2D eigenvalue weighted by Gasteiger charge is -2.18. The molecule has 32 heavy (non-hydrogen) atoms. The van der Waals surface area contributed by atoms with Crippen molar-refractivity contribution in [1.82, 2.24) is 19.7 Å². The minimum atomic E-state index is -1.30. The Balaban J connectivity index is 1.87. The summed E-state index contributed by atoms with van der Waals surface area (Å²) in [5, 5.41) is 26.9. The molecule has 0 saturated carbocycles. The second kappa shape index (κ2) is 9.47. The second-order valence-corrected chi connectivity index (χ2v) is 8.28. The summed E-state index contributed by atoms with van der Waals surface area (Å²) >= 11 is 6.17. The highest BCUT2D eigenvalue weighted by molar-refractivity contribution is 6.33. The Kier molecular flexibility index (Phi) is 6.93. The Morgan fingerprint density at radius 2 is 1.88 bits per heavy atom. The molecule has 2 aromatic carbocycles. The Morgan fingerprint density at radius 3 is 2.53 bits per heavy atom. The highest BCUT2D eigenvalue weighted by Crippen LogP contribution is 2.19. The zero-order chi connectivity index (χ0) is 23.5. The minimum Gasteiger partial charge on any atom is -0.389 e. The lowest BCUT2D eigenvalue weighted by Crippen LogP contribution is -2.44. The zero-order valence-corrected chi connectivity index (χ0v) is 18.3. The third-order valence-electron chi connectivity index (χ3n) is 4.59. The molecule has 0 fully saturated rings. The van der Waals surface area contributed by atoms with Gasteiger partial charge in [0.2, 0.25) is 0 Å². The number of carbonyl (C=O) groups is 1. The molecule has 3 N–H and O–H groups in total. The average Bonchev–Trinajstić information content (AvgIpc) is 2.75. The third-order valence-corrected chi connectivity index (χ3v) is 4.92. The van der Waals surface area contributed by atoms with Crippen LogP contribution in [-0.4, -0.2) is 42.6 Å². The molecule has 0 unspecified atom stereocenters. The van der Waals surface area contributed by atoms with Gasteiger partial charge in [-0.1, -0.05) is 41.9 Å². The molecule has 168 valence electrons. The first-order valence-corrected chi connectivity index (χ1v) is 10.2. The summed E-state index contributed by atoms with van der Waals surface area (Å²) in [5.41, 5.74) is -1.80. The van der Waals surface area contributed by atoms with Crippen LogP contribution < -0.4 is 16.6 Å². The van der Waals surface area contributed by atoms with Crippen molar-refractivity contribution in [3.8, 4) is 5.69 Å². The number of hydrogen-bond donors (Lipinski definition) is 3. The van der Waals surface area contributed by atoms with E-state index in [2.05, 4.69) is 10.4 Å². The Hall–Kier alpha value is -3.27. The van der Waals surface area contributed by atoms with Crippen molar-refractivity contribution in [2.75, 3.05) is 6.54 Å². The van der Waals surface area contributed by atoms with E-state index in [-0.39, 0.29) is 29.4 Å². The van der Waals surface area contributed by atoms with Crippen molar-refractivity contribution in [2.24, 2.45) is 0 Å². The normalized spacial score (nSPS) is 12.4. The first-order chi connectivity index (χ1) is 15.1. The van der Waals surface area contributed by atoms with Crippen LogP contribution in [0.2, 0.25) is 5.02 Å². The summed E-state index contributed by atoms with van der Waals surface area (Å²) in [4.78, 5) is 37.5. The molecule has 0 bridgehead atoms. The zero-order valence-electron chi connectivity index (χ0n) is 17.5. The van der Waals surface area contributed by atoms with Crippen LogP contribution in [0.25, 0.3) is 5.69 Å². The predicted molar refractivity (Wildman–Crippen MR) is 119 cm³/mol. The molecule has 1 amide bonds. The van der Waals surface area contributed by atoms with E-state index in [0.717, 1.165) is 15.4 Å². The van der Waals surface area contributed by atoms with Gasteiger partial charge in [-0.05, 0) is 37.6 Å². The average molecular weight is 459 g/mol. The molecular weight excluding hydrogens is 436 g/mol. The van der Waals surface area contributed by atoms with E-state index in [0.29, 0.717) is 5.56 Å². The van der Waals surface area contributed by atoms with Crippen LogP contribution >= 0.6 is 11.6 Å². The van der Waals surface area contributed by atoms with Crippen molar-refractivity contribution in [1.29, 1.82) is 0 Å². The Morgan fingerprint density at radius 1 is 1.19 bits per heavy atom. The fourth-order valence-electron chi connectivity index (χ4n) is 3.04. The van der Waals surface area contributed by atoms with Gasteiger partial charge in [0.1, 0.15) is 6.20 Å². The van der Waals surface area contributed by atoms with Crippen molar-refractivity contribution in [3.63, 3.8) is 0 Å². The van der Waals surface area contributed by atoms with Gasteiger partial charge in [-0.3, -0.25) is 14.2 Å². The summed E-state index contributed by atoms with van der Waals surface area (Å²) in [7, 11) is 0. The quantitative estimate of drug-likeness (QED) is 0.489. The summed E-state index contributed by atoms with van der Waals surface area (Å²) in [5.74, 6) is -0.551. The van der Waals surface area contributed by atoms with Crippen LogP contribution in [0.15, 0.2) is 64.3 Å². The minimum absolute atomic E-state index is 0.0436. The number of nitrogens with one attached hydrogen (secondary N) is 1. The van der Waals surface area contributed by atoms with Crippen LogP contribution in [0.3, 0.4) is 0 Å². The highest BCUT2D eigenvalue weighted by Gasteiger charge is 2.19. The molecule has 3 rings (SSSR count). The van der Waals surface area contributed by atoms with E-state index in [1.54, 1.807) is 24.3 Å². The number of hydrogen-bond acceptors (Lipinski definition) is 6. The molecule has 10 heteroatoms. The number of halogens is 1. The predicted octanol–water partition coefficient (Wildman–Crippen LogP) is 1.28. The lowest BCUT2D eigenvalue weighted by atomic mass is 10.1. The number of benzene rings is 2. The maximum Gasteiger partial charge on any atom is 0.352 e. The van der Waals surface area contributed by atoms with E-state index in [9.17, 15) is 24.6 Å². The first kappa shape index (κ1) is 23.4. The van der Waals surface area contributed by atoms with E-state index in [1.807, 2.05) is 6.07 Å². The summed E-state index contributed by atoms with van der Waals surface area (Å²) in [6.07, 6.45) is 0.0503. The molecular formula is C22H23ClN4O5. The molecule has 0 radical (unpaired) electrons. The van der Waals surface area contributed by atoms with Gasteiger partial charge in [-0.25, -0.2) is 4.79 Å². The van der Waals surface area contributed by atoms with Gasteiger partial charge in [0.25, 0.3) is 11.5 Å². The number of carbonyl (C=O) groups excluding carboxylic acids is 1. The molecule has 1 heterocycles. The Bertz CT molecular complexity index is 1230. The topological polar surface area (TPSA) is 126 Å². The number of aliphatic hydroxyl groups excluding tert-OH is 1. The van der Waals surface area contributed by atoms with Crippen LogP contribution in [0.5, 0.6) is 0 Å². The molecule has 0 saturated heterocycles. The van der Waals surface area contributed by atoms with Gasteiger partial charge in [-0.15, -0.1) is 0 Å². The number of nitrogens with zero attached hydrogens (tertiary/aromatic N) is 3. The molecule has 9 nitrogen and oxygen atoms in total. The fraction of sp³-hybridized carbons (Fsp3) is 0.273. The highest BCUT2D eigenvalue weighted by atomic mass is 35.5. The van der Waals surface area contributed by atoms with Crippen LogP contribution in [0, 0.1) is 0 Å². The maximum atomic E-state index is 12.8. The fourth-order valence-corrected chi connectivity index (χ4v) is 3.24. The van der Waals surface area contributed by atoms with Crippen molar-refractivity contribution in [3.05, 3.63) is 91.7 Å². The van der Waals surface area contributed by atoms with Gasteiger partial charge >= 0.3 is 5.69 Å². The summed E-state index contributed by atoms with van der Waals surface area (Å²) < 4.78 is 1.80. The van der Waals surface area contributed by atoms with Crippen LogP contribution in [-0.2, 0) is 6.54 Å². The van der Waals surface area contributed by atoms with Gasteiger partial charge in [0, 0.05) is 6.54 Å². The molecule has 1 atom stereocenters. The van der Waals surface area contributed by atoms with Crippen molar-refractivity contribution >= 4 is 17.5 Å². The smallest absolute Gasteiger partial charge is 0.352 e. The molecule has 0 aliphatic carbocycles. The molecule has 3 aromatic rings. The monoisotopic (exact) mass is 458 g/mol. The van der Waals surface area contributed by atoms with Gasteiger partial charge in [-0.2, -0.15) is 9.78 Å². The standard InChI is InChI=1S/C22H23ClN4O5/c1-22(2,32)13-26-19(29)12-25-27(21(26)31)15-8-9-17(23)16(10-15)20(30)24-11-18(28)14-6-4-3-5-7-14/h3-10,12,18,28,32H,11,13H2,1-2H3,(H,24,30)/t18-/m0/s1. The summed E-state index contributed by atoms with van der Waals surface area (Å²) in [6.45, 7) is 2.67. The van der Waals surface area contributed by atoms with E-state index < -0.39 is 28.9 Å². The molecule has 0 aliphatic rings. The Labute approximate surface area is 188 Å². The second-order valence-electron chi connectivity index (χ2n) is 7.88. The first-order valence-electron chi connectivity index (χ1n) is 9.79. The molecule has 0 spiro atoms. The molecule has 0 aliphatic heterocycles. The number of amides is 1. The van der Waals surface area contributed by atoms with Crippen LogP contribution in [0.1, 0.15) is 35.9 Å². The van der Waals surface area contributed by atoms with E-state index in [4.69, 9.17) is 11.6 Å². The SMILES string of the molecule is CC(C)(O)Cn1c(=O)cnn(-c2ccc(Cl)c(C(=O)NC[C@H](O)c3ccccc3)c2)c1=O. The number of rotatable bonds is 7. The van der Waals surface area contributed by atoms with E-state index in [1.165, 1.54) is 32.0 Å². The number of aliphatic hydroxyl groups is 2. The van der Waals surface area contributed by atoms with Crippen LogP contribution in [0.4, 0.5) is 0 Å². The van der Waals surface area contributed by atoms with E-state index >= 15 is 0 Å². The van der Waals surface area contributed by atoms with Gasteiger partial charge < -0.3 is 15.5 Å².